The molecule has 0 bridgehead atoms. The van der Waals surface area contributed by atoms with E-state index >= 15 is 0 Å². The molecule has 0 saturated carbocycles. The Bertz CT molecular complexity index is 1450. The molecule has 0 fully saturated rings. The average Bonchev–Trinajstić information content (AvgIpc) is 3.25. The Morgan fingerprint density at radius 2 is 1.74 bits per heavy atom. The fourth-order valence-electron chi connectivity index (χ4n) is 3.85. The van der Waals surface area contributed by atoms with Gasteiger partial charge in [0, 0.05) is 12.1 Å². The quantitative estimate of drug-likeness (QED) is 0.476. The first-order valence-corrected chi connectivity index (χ1v) is 9.95. The van der Waals surface area contributed by atoms with Crippen LogP contribution in [0.1, 0.15) is 5.56 Å². The van der Waals surface area contributed by atoms with E-state index in [1.54, 1.807) is 22.8 Å². The number of aryl methyl sites for hydroxylation is 2. The first kappa shape index (κ1) is 18.9. The van der Waals surface area contributed by atoms with E-state index in [0.29, 0.717) is 35.7 Å². The van der Waals surface area contributed by atoms with Crippen molar-refractivity contribution in [3.63, 3.8) is 0 Å². The van der Waals surface area contributed by atoms with Crippen LogP contribution in [0.4, 0.5) is 0 Å². The van der Waals surface area contributed by atoms with Gasteiger partial charge in [-0.2, -0.15) is 0 Å². The van der Waals surface area contributed by atoms with Crippen molar-refractivity contribution in [3.05, 3.63) is 88.7 Å². The summed E-state index contributed by atoms with van der Waals surface area (Å²) in [5.74, 6) is 1.43. The molecule has 2 aromatic heterocycles. The molecule has 0 aliphatic carbocycles. The van der Waals surface area contributed by atoms with Crippen molar-refractivity contribution >= 4 is 16.7 Å². The van der Waals surface area contributed by atoms with Gasteiger partial charge in [-0.15, -0.1) is 10.2 Å². The number of nitrogens with zero attached hydrogens (tertiary/aromatic N) is 4. The molecule has 0 aliphatic heterocycles. The smallest absolute Gasteiger partial charge is 0.262 e. The van der Waals surface area contributed by atoms with Crippen LogP contribution >= 0.6 is 0 Å². The van der Waals surface area contributed by atoms with E-state index in [2.05, 4.69) is 10.2 Å². The van der Waals surface area contributed by atoms with E-state index < -0.39 is 0 Å². The Kier molecular flexibility index (Phi) is 4.63. The average molecular weight is 412 g/mol. The van der Waals surface area contributed by atoms with Crippen LogP contribution in [-0.4, -0.2) is 31.4 Å². The molecule has 5 rings (SSSR count). The molecular formula is C24H20N4O3. The number of hydrogen-bond donors (Lipinski definition) is 1. The van der Waals surface area contributed by atoms with Crippen LogP contribution < -0.4 is 10.3 Å². The molecule has 5 aromatic rings. The van der Waals surface area contributed by atoms with Gasteiger partial charge in [0.15, 0.2) is 17.3 Å². The lowest BCUT2D eigenvalue weighted by molar-refractivity contribution is 0.373. The van der Waals surface area contributed by atoms with Crippen LogP contribution in [0.15, 0.2) is 77.6 Å². The number of hydrogen-bond acceptors (Lipinski definition) is 5. The van der Waals surface area contributed by atoms with E-state index in [9.17, 15) is 9.90 Å². The summed E-state index contributed by atoms with van der Waals surface area (Å²) in [6.45, 7) is 0.480. The van der Waals surface area contributed by atoms with Gasteiger partial charge in [-0.1, -0.05) is 42.5 Å². The van der Waals surface area contributed by atoms with E-state index in [4.69, 9.17) is 4.74 Å². The third kappa shape index (κ3) is 3.20. The highest BCUT2D eigenvalue weighted by molar-refractivity contribution is 5.82. The number of phenolic OH excluding ortho intramolecular Hbond substituents is 1. The number of aromatic nitrogens is 4. The largest absolute Gasteiger partial charge is 0.504 e. The van der Waals surface area contributed by atoms with Gasteiger partial charge in [0.1, 0.15) is 0 Å². The second-order valence-corrected chi connectivity index (χ2v) is 7.26. The Balaban J connectivity index is 1.73. The second-order valence-electron chi connectivity index (χ2n) is 7.26. The molecule has 0 radical (unpaired) electrons. The van der Waals surface area contributed by atoms with Gasteiger partial charge in [-0.05, 0) is 42.3 Å². The highest BCUT2D eigenvalue weighted by Gasteiger charge is 2.18. The molecule has 0 aliphatic rings. The van der Waals surface area contributed by atoms with Crippen molar-refractivity contribution in [2.24, 2.45) is 0 Å². The molecule has 0 atom stereocenters. The maximum absolute atomic E-state index is 13.3. The van der Waals surface area contributed by atoms with Crippen molar-refractivity contribution in [2.75, 3.05) is 7.11 Å². The summed E-state index contributed by atoms with van der Waals surface area (Å²) in [5.41, 5.74) is 2.50. The highest BCUT2D eigenvalue weighted by Crippen LogP contribution is 2.31. The first-order chi connectivity index (χ1) is 15.2. The number of phenols is 1. The van der Waals surface area contributed by atoms with Crippen molar-refractivity contribution < 1.29 is 9.84 Å². The Morgan fingerprint density at radius 3 is 2.55 bits per heavy atom. The van der Waals surface area contributed by atoms with Crippen molar-refractivity contribution in [2.45, 2.75) is 13.0 Å². The number of ether oxygens (including phenoxy) is 1. The summed E-state index contributed by atoms with van der Waals surface area (Å²) in [5, 5.41) is 19.3. The number of fused-ring (bicyclic) bond motifs is 3. The van der Waals surface area contributed by atoms with Gasteiger partial charge in [-0.3, -0.25) is 13.8 Å². The monoisotopic (exact) mass is 412 g/mol. The van der Waals surface area contributed by atoms with Crippen molar-refractivity contribution in [1.29, 1.82) is 0 Å². The molecule has 0 amide bonds. The van der Waals surface area contributed by atoms with Crippen LogP contribution in [0.25, 0.3) is 28.1 Å². The summed E-state index contributed by atoms with van der Waals surface area (Å²) >= 11 is 0. The molecule has 31 heavy (non-hydrogen) atoms. The van der Waals surface area contributed by atoms with E-state index in [0.717, 1.165) is 16.6 Å². The van der Waals surface area contributed by atoms with Crippen LogP contribution in [0, 0.1) is 0 Å². The zero-order valence-electron chi connectivity index (χ0n) is 16.9. The standard InChI is InChI=1S/C24H20N4O3/c1-31-21-15-17(11-12-20(21)29)22-25-26-24-27(14-13-16-7-3-2-4-8-16)23(30)18-9-5-6-10-19(18)28(22)24/h2-12,15,29H,13-14H2,1H3. The summed E-state index contributed by atoms with van der Waals surface area (Å²) in [6, 6.07) is 22.5. The van der Waals surface area contributed by atoms with E-state index in [1.807, 2.05) is 59.0 Å². The third-order valence-electron chi connectivity index (χ3n) is 5.41. The zero-order chi connectivity index (χ0) is 21.4. The summed E-state index contributed by atoms with van der Waals surface area (Å²) in [4.78, 5) is 13.3. The Hall–Kier alpha value is -4.13. The first-order valence-electron chi connectivity index (χ1n) is 9.95. The van der Waals surface area contributed by atoms with Gasteiger partial charge in [-0.25, -0.2) is 0 Å². The summed E-state index contributed by atoms with van der Waals surface area (Å²) < 4.78 is 8.80. The van der Waals surface area contributed by atoms with Crippen LogP contribution in [-0.2, 0) is 13.0 Å². The number of rotatable bonds is 5. The Labute approximate surface area is 177 Å². The number of aromatic hydroxyl groups is 1. The molecule has 3 aromatic carbocycles. The maximum Gasteiger partial charge on any atom is 0.262 e. The van der Waals surface area contributed by atoms with Crippen LogP contribution in [0.2, 0.25) is 0 Å². The van der Waals surface area contributed by atoms with Gasteiger partial charge in [0.2, 0.25) is 5.78 Å². The SMILES string of the molecule is COc1cc(-c2nnc3n(CCc4ccccc4)c(=O)c4ccccc4n23)ccc1O. The molecule has 7 heteroatoms. The third-order valence-corrected chi connectivity index (χ3v) is 5.41. The molecule has 1 N–H and O–H groups in total. The minimum atomic E-state index is -0.0960. The molecule has 0 saturated heterocycles. The van der Waals surface area contributed by atoms with E-state index in [1.165, 1.54) is 7.11 Å². The molecular weight excluding hydrogens is 392 g/mol. The molecule has 2 heterocycles. The maximum atomic E-state index is 13.3. The summed E-state index contributed by atoms with van der Waals surface area (Å²) in [6.07, 6.45) is 0.698. The number of methoxy groups -OCH3 is 1. The van der Waals surface area contributed by atoms with Gasteiger partial charge in [0.05, 0.1) is 18.0 Å². The summed E-state index contributed by atoms with van der Waals surface area (Å²) in [7, 11) is 1.50. The molecule has 154 valence electrons. The van der Waals surface area contributed by atoms with Gasteiger partial charge >= 0.3 is 0 Å². The minimum absolute atomic E-state index is 0.0460. The van der Waals surface area contributed by atoms with Gasteiger partial charge in [0.25, 0.3) is 5.56 Å². The normalized spacial score (nSPS) is 11.3. The predicted octanol–water partition coefficient (Wildman–Crippen LogP) is 3.67. The fraction of sp³-hybridized carbons (Fsp3) is 0.125. The fourth-order valence-corrected chi connectivity index (χ4v) is 3.85. The second kappa shape index (κ2) is 7.60. The minimum Gasteiger partial charge on any atom is -0.504 e. The van der Waals surface area contributed by atoms with Crippen LogP contribution in [0.5, 0.6) is 11.5 Å². The van der Waals surface area contributed by atoms with Crippen molar-refractivity contribution in [3.8, 4) is 22.9 Å². The molecule has 7 nitrogen and oxygen atoms in total. The van der Waals surface area contributed by atoms with Crippen LogP contribution in [0.3, 0.4) is 0 Å². The number of para-hydroxylation sites is 1. The lowest BCUT2D eigenvalue weighted by Crippen LogP contribution is -2.24. The highest BCUT2D eigenvalue weighted by atomic mass is 16.5. The zero-order valence-corrected chi connectivity index (χ0v) is 16.9. The Morgan fingerprint density at radius 1 is 0.968 bits per heavy atom. The van der Waals surface area contributed by atoms with E-state index in [-0.39, 0.29) is 11.3 Å². The molecule has 0 unspecified atom stereocenters. The van der Waals surface area contributed by atoms with Gasteiger partial charge < -0.3 is 9.84 Å². The lowest BCUT2D eigenvalue weighted by atomic mass is 10.1. The topological polar surface area (TPSA) is 81.7 Å². The number of benzene rings is 3. The lowest BCUT2D eigenvalue weighted by Gasteiger charge is -2.12. The van der Waals surface area contributed by atoms with Crippen molar-refractivity contribution in [1.82, 2.24) is 19.2 Å². The molecule has 0 spiro atoms. The predicted molar refractivity (Wildman–Crippen MR) is 119 cm³/mol.